The van der Waals surface area contributed by atoms with E-state index in [0.717, 1.165) is 48.3 Å². The van der Waals surface area contributed by atoms with Crippen molar-refractivity contribution in [1.29, 1.82) is 0 Å². The third-order valence-corrected chi connectivity index (χ3v) is 15.0. The monoisotopic (exact) mass is 884 g/mol. The lowest BCUT2D eigenvalue weighted by atomic mass is 10.1. The lowest BCUT2D eigenvalue weighted by Crippen LogP contribution is -2.50. The van der Waals surface area contributed by atoms with Crippen LogP contribution < -0.4 is 15.1 Å². The van der Waals surface area contributed by atoms with Gasteiger partial charge >= 0.3 is 6.09 Å². The number of aromatic nitrogens is 4. The molecule has 14 nitrogen and oxygen atoms in total. The minimum atomic E-state index is -3.84. The number of nitrogens with zero attached hydrogens (tertiary/aromatic N) is 5. The molecule has 3 N–H and O–H groups in total. The topological polar surface area (TPSA) is 174 Å². The van der Waals surface area contributed by atoms with Crippen molar-refractivity contribution < 1.29 is 26.4 Å². The number of fused-ring (bicyclic) bond motifs is 4. The predicted octanol–water partition coefficient (Wildman–Crippen LogP) is 7.56. The Hall–Kier alpha value is -6.49. The predicted molar refractivity (Wildman–Crippen MR) is 246 cm³/mol. The first kappa shape index (κ1) is 41.8. The van der Waals surface area contributed by atoms with Crippen molar-refractivity contribution in [2.75, 3.05) is 62.2 Å². The van der Waals surface area contributed by atoms with Crippen LogP contribution in [0, 0.1) is 0 Å². The number of aromatic amines is 2. The van der Waals surface area contributed by atoms with Crippen LogP contribution in [0.2, 0.25) is 0 Å². The molecule has 0 atom stereocenters. The molecule has 2 saturated heterocycles. The van der Waals surface area contributed by atoms with Crippen molar-refractivity contribution in [2.45, 2.75) is 46.2 Å². The SMILES string of the molecule is CC(C)(C)OC(=O)N1CCN(c2ccc3n[nH]c(S(=O)(=O)c4cccc5ccccc45)c3c2)CC1.O=S(=O)(c1cccc2ccccc12)c1[nH]nc2ccc(N3CCNCC3)cc12. The zero-order chi connectivity index (χ0) is 43.9. The van der Waals surface area contributed by atoms with E-state index in [0.29, 0.717) is 63.7 Å². The fourth-order valence-electron chi connectivity index (χ4n) is 8.23. The van der Waals surface area contributed by atoms with Gasteiger partial charge in [0.15, 0.2) is 10.1 Å². The van der Waals surface area contributed by atoms with Crippen LogP contribution in [-0.2, 0) is 24.4 Å². The van der Waals surface area contributed by atoms with Crippen molar-refractivity contribution in [3.63, 3.8) is 0 Å². The molecule has 16 heteroatoms. The Bertz CT molecular complexity index is 3210. The number of piperazine rings is 2. The molecule has 2 aromatic heterocycles. The second-order valence-electron chi connectivity index (χ2n) is 16.7. The molecule has 0 aliphatic carbocycles. The lowest BCUT2D eigenvalue weighted by Gasteiger charge is -2.36. The average molecular weight is 885 g/mol. The quantitative estimate of drug-likeness (QED) is 0.150. The number of rotatable bonds is 6. The lowest BCUT2D eigenvalue weighted by molar-refractivity contribution is 0.0240. The molecule has 2 fully saturated rings. The second-order valence-corrected chi connectivity index (χ2v) is 20.4. The molecule has 0 bridgehead atoms. The van der Waals surface area contributed by atoms with E-state index in [2.05, 4.69) is 35.5 Å². The Kier molecular flexibility index (Phi) is 11.1. The number of ether oxygens (including phenoxy) is 1. The van der Waals surface area contributed by atoms with E-state index in [1.54, 1.807) is 29.2 Å². The van der Waals surface area contributed by atoms with Gasteiger partial charge < -0.3 is 24.8 Å². The highest BCUT2D eigenvalue weighted by molar-refractivity contribution is 7.92. The van der Waals surface area contributed by atoms with Crippen molar-refractivity contribution in [2.24, 2.45) is 0 Å². The number of anilines is 2. The molecule has 2 aliphatic heterocycles. The molecule has 6 aromatic carbocycles. The summed E-state index contributed by atoms with van der Waals surface area (Å²) >= 11 is 0. The summed E-state index contributed by atoms with van der Waals surface area (Å²) in [6.45, 7) is 11.5. The van der Waals surface area contributed by atoms with E-state index in [4.69, 9.17) is 4.74 Å². The van der Waals surface area contributed by atoms with Crippen LogP contribution in [0.3, 0.4) is 0 Å². The number of hydrogen-bond acceptors (Lipinski definition) is 11. The molecule has 10 rings (SSSR count). The van der Waals surface area contributed by atoms with E-state index in [1.807, 2.05) is 118 Å². The molecule has 0 unspecified atom stereocenters. The molecule has 324 valence electrons. The van der Waals surface area contributed by atoms with Crippen LogP contribution in [0.25, 0.3) is 43.4 Å². The summed E-state index contributed by atoms with van der Waals surface area (Å²) < 4.78 is 59.9. The summed E-state index contributed by atoms with van der Waals surface area (Å²) in [5, 5.41) is 21.9. The summed E-state index contributed by atoms with van der Waals surface area (Å²) in [7, 11) is -7.58. The first-order valence-corrected chi connectivity index (χ1v) is 23.9. The summed E-state index contributed by atoms with van der Waals surface area (Å²) in [6, 6.07) is 37.0. The second kappa shape index (κ2) is 16.7. The number of carbonyl (C=O) groups is 1. The number of hydrogen-bond donors (Lipinski definition) is 3. The van der Waals surface area contributed by atoms with Gasteiger partial charge in [-0.15, -0.1) is 0 Å². The van der Waals surface area contributed by atoms with Crippen LogP contribution >= 0.6 is 0 Å². The minimum absolute atomic E-state index is 0.0816. The molecular weight excluding hydrogens is 837 g/mol. The molecule has 0 radical (unpaired) electrons. The Morgan fingerprint density at radius 2 is 1.00 bits per heavy atom. The van der Waals surface area contributed by atoms with Gasteiger partial charge in [0.2, 0.25) is 19.7 Å². The highest BCUT2D eigenvalue weighted by Crippen LogP contribution is 2.35. The molecule has 63 heavy (non-hydrogen) atoms. The van der Waals surface area contributed by atoms with Crippen LogP contribution in [0.5, 0.6) is 0 Å². The fraction of sp³-hybridized carbons (Fsp3) is 0.255. The molecule has 1 amide bonds. The van der Waals surface area contributed by atoms with E-state index < -0.39 is 25.3 Å². The first-order chi connectivity index (χ1) is 30.3. The maximum absolute atomic E-state index is 13.7. The third-order valence-electron chi connectivity index (χ3n) is 11.4. The molecule has 2 aliphatic rings. The molecular formula is C47H48N8O6S2. The normalized spacial score (nSPS) is 15.2. The van der Waals surface area contributed by atoms with Crippen molar-refractivity contribution in [3.8, 4) is 0 Å². The number of nitrogens with one attached hydrogen (secondary N) is 3. The van der Waals surface area contributed by atoms with Crippen LogP contribution in [0.1, 0.15) is 20.8 Å². The Labute approximate surface area is 365 Å². The van der Waals surface area contributed by atoms with Gasteiger partial charge in [0.1, 0.15) is 5.60 Å². The van der Waals surface area contributed by atoms with Crippen LogP contribution in [0.4, 0.5) is 16.2 Å². The molecule has 0 saturated carbocycles. The van der Waals surface area contributed by atoms with E-state index in [1.165, 1.54) is 0 Å². The van der Waals surface area contributed by atoms with E-state index in [9.17, 15) is 21.6 Å². The highest BCUT2D eigenvalue weighted by atomic mass is 32.2. The van der Waals surface area contributed by atoms with Gasteiger partial charge in [0.05, 0.1) is 20.8 Å². The average Bonchev–Trinajstić information content (AvgIpc) is 3.94. The zero-order valence-electron chi connectivity index (χ0n) is 35.2. The molecule has 4 heterocycles. The molecule has 0 spiro atoms. The third kappa shape index (κ3) is 8.28. The number of benzene rings is 6. The minimum Gasteiger partial charge on any atom is -0.444 e. The number of H-pyrrole nitrogens is 2. The summed E-state index contributed by atoms with van der Waals surface area (Å²) in [5.41, 5.74) is 2.60. The van der Waals surface area contributed by atoms with Gasteiger partial charge in [-0.1, -0.05) is 72.8 Å². The summed E-state index contributed by atoms with van der Waals surface area (Å²) in [5.74, 6) is 0. The number of sulfone groups is 2. The summed E-state index contributed by atoms with van der Waals surface area (Å²) in [6.07, 6.45) is -0.314. The van der Waals surface area contributed by atoms with Gasteiger partial charge in [0.25, 0.3) is 0 Å². The summed E-state index contributed by atoms with van der Waals surface area (Å²) in [4.78, 5) is 19.0. The van der Waals surface area contributed by atoms with Crippen LogP contribution in [0.15, 0.2) is 141 Å². The largest absolute Gasteiger partial charge is 0.444 e. The molecule has 8 aromatic rings. The van der Waals surface area contributed by atoms with Crippen LogP contribution in [-0.4, -0.2) is 106 Å². The number of carbonyl (C=O) groups excluding carboxylic acids is 1. The van der Waals surface area contributed by atoms with Crippen molar-refractivity contribution in [1.82, 2.24) is 30.6 Å². The van der Waals surface area contributed by atoms with Crippen molar-refractivity contribution in [3.05, 3.63) is 121 Å². The van der Waals surface area contributed by atoms with Gasteiger partial charge in [0, 0.05) is 85.3 Å². The standard InChI is InChI=1S/C26H28N4O4S.C21H20N4O2S/c1-26(2,3)34-25(31)30-15-13-29(14-16-30)19-11-12-22-21(17-19)24(28-27-22)35(32,33)23-10-6-8-18-7-4-5-9-20(18)23;26-28(27,20-7-3-5-15-4-1-2-6-17(15)20)21-18-14-16(8-9-19(18)23-24-21)25-12-10-22-11-13-25/h4-12,17H,13-16H2,1-3H3,(H,27,28);1-9,14,22H,10-13H2,(H,23,24). The maximum Gasteiger partial charge on any atom is 0.410 e. The smallest absolute Gasteiger partial charge is 0.410 e. The van der Waals surface area contributed by atoms with E-state index in [-0.39, 0.29) is 21.0 Å². The van der Waals surface area contributed by atoms with E-state index >= 15 is 0 Å². The van der Waals surface area contributed by atoms with Gasteiger partial charge in [-0.2, -0.15) is 10.2 Å². The Morgan fingerprint density at radius 1 is 0.556 bits per heavy atom. The van der Waals surface area contributed by atoms with Crippen molar-refractivity contribution >= 4 is 80.5 Å². The van der Waals surface area contributed by atoms with Gasteiger partial charge in [-0.05, 0) is 80.1 Å². The highest BCUT2D eigenvalue weighted by Gasteiger charge is 2.29. The number of amides is 1. The van der Waals surface area contributed by atoms with Gasteiger partial charge in [-0.25, -0.2) is 21.6 Å². The Morgan fingerprint density at radius 3 is 1.48 bits per heavy atom. The first-order valence-electron chi connectivity index (χ1n) is 20.9. The Balaban J connectivity index is 0.000000164. The maximum atomic E-state index is 13.7. The van der Waals surface area contributed by atoms with Gasteiger partial charge in [-0.3, -0.25) is 10.2 Å². The fourth-order valence-corrected chi connectivity index (χ4v) is 11.4. The zero-order valence-corrected chi connectivity index (χ0v) is 36.8.